The molecular formula is C11H11N3O. The number of anilines is 1. The summed E-state index contributed by atoms with van der Waals surface area (Å²) in [6, 6.07) is 7.14. The van der Waals surface area contributed by atoms with E-state index in [1.807, 2.05) is 23.9 Å². The third-order valence-electron chi connectivity index (χ3n) is 2.00. The third kappa shape index (κ3) is 2.22. The Morgan fingerprint density at radius 1 is 1.40 bits per heavy atom. The van der Waals surface area contributed by atoms with E-state index in [0.717, 1.165) is 0 Å². The predicted molar refractivity (Wildman–Crippen MR) is 57.6 cm³/mol. The number of hydrogen-bond acceptors (Lipinski definition) is 2. The summed E-state index contributed by atoms with van der Waals surface area (Å²) in [4.78, 5) is 15.7. The second-order valence-electron chi connectivity index (χ2n) is 3.23. The number of nitrogens with one attached hydrogen (secondary N) is 1. The first-order valence-corrected chi connectivity index (χ1v) is 4.60. The molecule has 0 fully saturated rings. The highest BCUT2D eigenvalue weighted by molar-refractivity contribution is 6.03. The van der Waals surface area contributed by atoms with Crippen molar-refractivity contribution in [3.05, 3.63) is 48.4 Å². The molecule has 2 heterocycles. The van der Waals surface area contributed by atoms with Crippen molar-refractivity contribution in [3.63, 3.8) is 0 Å². The van der Waals surface area contributed by atoms with Crippen LogP contribution in [0.25, 0.3) is 0 Å². The molecule has 0 atom stereocenters. The Labute approximate surface area is 87.6 Å². The largest absolute Gasteiger partial charge is 0.356 e. The van der Waals surface area contributed by atoms with E-state index in [9.17, 15) is 4.79 Å². The zero-order valence-corrected chi connectivity index (χ0v) is 8.34. The minimum atomic E-state index is -0.144. The van der Waals surface area contributed by atoms with E-state index >= 15 is 0 Å². The molecule has 2 rings (SSSR count). The first-order chi connectivity index (χ1) is 7.25. The van der Waals surface area contributed by atoms with Crippen LogP contribution in [0, 0.1) is 0 Å². The van der Waals surface area contributed by atoms with Crippen molar-refractivity contribution in [2.24, 2.45) is 7.05 Å². The second kappa shape index (κ2) is 3.96. The highest BCUT2D eigenvalue weighted by Crippen LogP contribution is 2.05. The Bertz CT molecular complexity index is 462. The number of nitrogens with zero attached hydrogens (tertiary/aromatic N) is 2. The van der Waals surface area contributed by atoms with Gasteiger partial charge < -0.3 is 9.88 Å². The molecule has 4 heteroatoms. The highest BCUT2D eigenvalue weighted by Gasteiger charge is 2.06. The van der Waals surface area contributed by atoms with Gasteiger partial charge in [0.1, 0.15) is 5.82 Å². The van der Waals surface area contributed by atoms with Crippen LogP contribution in [0.15, 0.2) is 42.9 Å². The van der Waals surface area contributed by atoms with Crippen molar-refractivity contribution in [2.75, 3.05) is 5.32 Å². The quantitative estimate of drug-likeness (QED) is 0.803. The van der Waals surface area contributed by atoms with Crippen molar-refractivity contribution in [1.29, 1.82) is 0 Å². The molecule has 0 aliphatic heterocycles. The molecule has 1 amide bonds. The van der Waals surface area contributed by atoms with Crippen LogP contribution in [-0.4, -0.2) is 15.5 Å². The normalized spacial score (nSPS) is 9.93. The average molecular weight is 201 g/mol. The predicted octanol–water partition coefficient (Wildman–Crippen LogP) is 1.67. The van der Waals surface area contributed by atoms with E-state index in [-0.39, 0.29) is 5.91 Å². The van der Waals surface area contributed by atoms with Gasteiger partial charge in [0.15, 0.2) is 0 Å². The Balaban J connectivity index is 2.11. The number of aryl methyl sites for hydroxylation is 1. The molecule has 2 aromatic rings. The lowest BCUT2D eigenvalue weighted by Crippen LogP contribution is -2.11. The molecule has 0 aliphatic carbocycles. The lowest BCUT2D eigenvalue weighted by atomic mass is 10.3. The third-order valence-corrected chi connectivity index (χ3v) is 2.00. The fourth-order valence-electron chi connectivity index (χ4n) is 1.26. The monoisotopic (exact) mass is 201 g/mol. The summed E-state index contributed by atoms with van der Waals surface area (Å²) in [7, 11) is 1.87. The lowest BCUT2D eigenvalue weighted by molar-refractivity contribution is 0.102. The lowest BCUT2D eigenvalue weighted by Gasteiger charge is -2.01. The maximum atomic E-state index is 11.7. The van der Waals surface area contributed by atoms with Gasteiger partial charge >= 0.3 is 0 Å². The standard InChI is InChI=1S/C11H11N3O/c1-14-7-5-9(8-14)11(15)13-10-4-2-3-6-12-10/h2-8H,1H3,(H,12,13,15). The number of amides is 1. The Hall–Kier alpha value is -2.10. The summed E-state index contributed by atoms with van der Waals surface area (Å²) >= 11 is 0. The van der Waals surface area contributed by atoms with Crippen molar-refractivity contribution in [1.82, 2.24) is 9.55 Å². The maximum absolute atomic E-state index is 11.7. The molecule has 0 unspecified atom stereocenters. The van der Waals surface area contributed by atoms with Gasteiger partial charge in [0.05, 0.1) is 5.56 Å². The highest BCUT2D eigenvalue weighted by atomic mass is 16.1. The molecule has 0 radical (unpaired) electrons. The number of pyridine rings is 1. The SMILES string of the molecule is Cn1ccc(C(=O)Nc2ccccn2)c1. The fraction of sp³-hybridized carbons (Fsp3) is 0.0909. The van der Waals surface area contributed by atoms with Crippen LogP contribution in [0.2, 0.25) is 0 Å². The van der Waals surface area contributed by atoms with Crippen molar-refractivity contribution in [2.45, 2.75) is 0 Å². The van der Waals surface area contributed by atoms with Gasteiger partial charge in [0.2, 0.25) is 0 Å². The first kappa shape index (κ1) is 9.45. The Morgan fingerprint density at radius 3 is 2.87 bits per heavy atom. The maximum Gasteiger partial charge on any atom is 0.258 e. The zero-order valence-electron chi connectivity index (χ0n) is 8.34. The number of carbonyl (C=O) groups is 1. The minimum absolute atomic E-state index is 0.144. The van der Waals surface area contributed by atoms with E-state index in [4.69, 9.17) is 0 Å². The summed E-state index contributed by atoms with van der Waals surface area (Å²) in [6.07, 6.45) is 5.23. The molecule has 0 bridgehead atoms. The molecule has 2 aromatic heterocycles. The van der Waals surface area contributed by atoms with Gasteiger partial charge in [-0.3, -0.25) is 4.79 Å². The topological polar surface area (TPSA) is 46.9 Å². The molecule has 0 saturated carbocycles. The molecule has 0 aromatic carbocycles. The molecule has 76 valence electrons. The number of carbonyl (C=O) groups excluding carboxylic acids is 1. The minimum Gasteiger partial charge on any atom is -0.356 e. The molecule has 1 N–H and O–H groups in total. The van der Waals surface area contributed by atoms with E-state index < -0.39 is 0 Å². The van der Waals surface area contributed by atoms with E-state index in [2.05, 4.69) is 10.3 Å². The second-order valence-corrected chi connectivity index (χ2v) is 3.23. The van der Waals surface area contributed by atoms with Gasteiger partial charge in [-0.15, -0.1) is 0 Å². The zero-order chi connectivity index (χ0) is 10.7. The van der Waals surface area contributed by atoms with Crippen LogP contribution in [0.1, 0.15) is 10.4 Å². The average Bonchev–Trinajstić information content (AvgIpc) is 2.66. The first-order valence-electron chi connectivity index (χ1n) is 4.60. The van der Waals surface area contributed by atoms with Crippen molar-refractivity contribution >= 4 is 11.7 Å². The molecule has 4 nitrogen and oxygen atoms in total. The van der Waals surface area contributed by atoms with Crippen molar-refractivity contribution in [3.8, 4) is 0 Å². The van der Waals surface area contributed by atoms with Crippen molar-refractivity contribution < 1.29 is 4.79 Å². The van der Waals surface area contributed by atoms with Crippen LogP contribution in [-0.2, 0) is 7.05 Å². The van der Waals surface area contributed by atoms with E-state index in [1.54, 1.807) is 30.6 Å². The molecule has 0 aliphatic rings. The number of aromatic nitrogens is 2. The summed E-state index contributed by atoms with van der Waals surface area (Å²) in [5.74, 6) is 0.417. The summed E-state index contributed by atoms with van der Waals surface area (Å²) in [5.41, 5.74) is 0.628. The number of rotatable bonds is 2. The van der Waals surface area contributed by atoms with Crippen LogP contribution < -0.4 is 5.32 Å². The smallest absolute Gasteiger partial charge is 0.258 e. The fourth-order valence-corrected chi connectivity index (χ4v) is 1.26. The Morgan fingerprint density at radius 2 is 2.27 bits per heavy atom. The van der Waals surface area contributed by atoms with Crippen LogP contribution in [0.3, 0.4) is 0 Å². The molecular weight excluding hydrogens is 190 g/mol. The summed E-state index contributed by atoms with van der Waals surface area (Å²) < 4.78 is 1.83. The van der Waals surface area contributed by atoms with Crippen LogP contribution >= 0.6 is 0 Å². The molecule has 0 spiro atoms. The van der Waals surface area contributed by atoms with E-state index in [1.165, 1.54) is 0 Å². The van der Waals surface area contributed by atoms with Crippen LogP contribution in [0.5, 0.6) is 0 Å². The van der Waals surface area contributed by atoms with Gasteiger partial charge in [0, 0.05) is 25.6 Å². The van der Waals surface area contributed by atoms with E-state index in [0.29, 0.717) is 11.4 Å². The summed E-state index contributed by atoms with van der Waals surface area (Å²) in [6.45, 7) is 0. The van der Waals surface area contributed by atoms with Gasteiger partial charge in [-0.25, -0.2) is 4.98 Å². The van der Waals surface area contributed by atoms with Gasteiger partial charge in [-0.1, -0.05) is 6.07 Å². The van der Waals surface area contributed by atoms with Gasteiger partial charge in [-0.05, 0) is 18.2 Å². The molecule has 15 heavy (non-hydrogen) atoms. The van der Waals surface area contributed by atoms with Gasteiger partial charge in [0.25, 0.3) is 5.91 Å². The Kier molecular flexibility index (Phi) is 2.49. The molecule has 0 saturated heterocycles. The van der Waals surface area contributed by atoms with Gasteiger partial charge in [-0.2, -0.15) is 0 Å². The van der Waals surface area contributed by atoms with Crippen LogP contribution in [0.4, 0.5) is 5.82 Å². The summed E-state index contributed by atoms with van der Waals surface area (Å²) in [5, 5.41) is 2.71. The number of hydrogen-bond donors (Lipinski definition) is 1.